The van der Waals surface area contributed by atoms with Crippen LogP contribution >= 0.6 is 0 Å². The lowest BCUT2D eigenvalue weighted by molar-refractivity contribution is -0.151. The molecule has 0 saturated heterocycles. The molecule has 1 aromatic heterocycles. The van der Waals surface area contributed by atoms with E-state index in [2.05, 4.69) is 25.0 Å². The lowest BCUT2D eigenvalue weighted by atomic mass is 9.87. The lowest BCUT2D eigenvalue weighted by Crippen LogP contribution is -2.31. The second kappa shape index (κ2) is 7.09. The third-order valence-corrected chi connectivity index (χ3v) is 3.49. The first-order valence-electron chi connectivity index (χ1n) is 7.13. The van der Waals surface area contributed by atoms with Crippen LogP contribution in [0.2, 0.25) is 0 Å². The average molecular weight is 277 g/mol. The molecule has 1 atom stereocenters. The Hall–Kier alpha value is -1.83. The monoisotopic (exact) mass is 277 g/mol. The number of hydrogen-bond acceptors (Lipinski definition) is 4. The van der Waals surface area contributed by atoms with E-state index in [0.29, 0.717) is 6.04 Å². The molecule has 0 spiro atoms. The van der Waals surface area contributed by atoms with Crippen LogP contribution in [0.25, 0.3) is 0 Å². The minimum atomic E-state index is -1.18. The zero-order valence-electron chi connectivity index (χ0n) is 12.7. The predicted molar refractivity (Wildman–Crippen MR) is 75.9 cm³/mol. The van der Waals surface area contributed by atoms with Gasteiger partial charge in [-0.3, -0.25) is 9.48 Å². The van der Waals surface area contributed by atoms with Crippen LogP contribution in [-0.4, -0.2) is 22.4 Å². The Morgan fingerprint density at radius 3 is 2.65 bits per heavy atom. The lowest BCUT2D eigenvalue weighted by Gasteiger charge is -2.18. The van der Waals surface area contributed by atoms with Crippen molar-refractivity contribution in [2.24, 2.45) is 5.41 Å². The van der Waals surface area contributed by atoms with Gasteiger partial charge in [0.1, 0.15) is 0 Å². The normalized spacial score (nSPS) is 13.8. The van der Waals surface area contributed by atoms with E-state index >= 15 is 0 Å². The quantitative estimate of drug-likeness (QED) is 0.719. The maximum atomic E-state index is 11.9. The van der Waals surface area contributed by atoms with E-state index in [4.69, 9.17) is 4.74 Å². The molecular formula is C15H23N3O2. The molecule has 5 heteroatoms. The van der Waals surface area contributed by atoms with Gasteiger partial charge in [-0.15, -0.1) is 0 Å². The van der Waals surface area contributed by atoms with Gasteiger partial charge in [-0.2, -0.15) is 10.4 Å². The van der Waals surface area contributed by atoms with Crippen molar-refractivity contribution in [3.05, 3.63) is 18.0 Å². The van der Waals surface area contributed by atoms with E-state index in [1.54, 1.807) is 13.8 Å². The summed E-state index contributed by atoms with van der Waals surface area (Å²) in [7, 11) is 0. The summed E-state index contributed by atoms with van der Waals surface area (Å²) < 4.78 is 6.89. The first-order valence-corrected chi connectivity index (χ1v) is 7.13. The van der Waals surface area contributed by atoms with Crippen LogP contribution in [-0.2, 0) is 16.0 Å². The summed E-state index contributed by atoms with van der Waals surface area (Å²) >= 11 is 0. The van der Waals surface area contributed by atoms with Crippen LogP contribution in [0.3, 0.4) is 0 Å². The van der Waals surface area contributed by atoms with Gasteiger partial charge in [-0.1, -0.05) is 13.8 Å². The molecule has 0 aliphatic heterocycles. The van der Waals surface area contributed by atoms with Crippen LogP contribution in [0.5, 0.6) is 0 Å². The Bertz CT molecular complexity index is 486. The number of hydrogen-bond donors (Lipinski definition) is 0. The van der Waals surface area contributed by atoms with E-state index in [-0.39, 0.29) is 13.0 Å². The molecule has 1 heterocycles. The van der Waals surface area contributed by atoms with Crippen molar-refractivity contribution in [1.29, 1.82) is 5.26 Å². The van der Waals surface area contributed by atoms with Crippen LogP contribution in [0.15, 0.2) is 12.3 Å². The molecule has 0 aliphatic carbocycles. The van der Waals surface area contributed by atoms with Crippen LogP contribution in [0.4, 0.5) is 0 Å². The highest BCUT2D eigenvalue weighted by Gasteiger charge is 2.36. The topological polar surface area (TPSA) is 67.9 Å². The first kappa shape index (κ1) is 16.2. The van der Waals surface area contributed by atoms with Crippen molar-refractivity contribution >= 4 is 5.97 Å². The fraction of sp³-hybridized carbons (Fsp3) is 0.667. The standard InChI is InChI=1S/C15H23N3O2/c1-5-13(6-2)18-9-8-12(17-18)10-15(4,11-16)14(19)20-7-3/h8-9,13H,5-7,10H2,1-4H3. The maximum absolute atomic E-state index is 11.9. The Labute approximate surface area is 120 Å². The summed E-state index contributed by atoms with van der Waals surface area (Å²) in [6, 6.07) is 4.28. The van der Waals surface area contributed by atoms with Gasteiger partial charge < -0.3 is 4.74 Å². The fourth-order valence-corrected chi connectivity index (χ4v) is 2.15. The maximum Gasteiger partial charge on any atom is 0.326 e. The van der Waals surface area contributed by atoms with Gasteiger partial charge in [0.05, 0.1) is 24.4 Å². The minimum Gasteiger partial charge on any atom is -0.465 e. The molecule has 0 radical (unpaired) electrons. The highest BCUT2D eigenvalue weighted by atomic mass is 16.5. The second-order valence-electron chi connectivity index (χ2n) is 5.10. The highest BCUT2D eigenvalue weighted by molar-refractivity contribution is 5.79. The number of carbonyl (C=O) groups is 1. The SMILES string of the molecule is CCOC(=O)C(C)(C#N)Cc1ccn(C(CC)CC)n1. The van der Waals surface area contributed by atoms with Gasteiger partial charge in [-0.05, 0) is 32.8 Å². The van der Waals surface area contributed by atoms with Crippen molar-refractivity contribution in [2.75, 3.05) is 6.61 Å². The van der Waals surface area contributed by atoms with Gasteiger partial charge >= 0.3 is 5.97 Å². The molecule has 1 aromatic rings. The number of aromatic nitrogens is 2. The van der Waals surface area contributed by atoms with Gasteiger partial charge in [0.2, 0.25) is 0 Å². The highest BCUT2D eigenvalue weighted by Crippen LogP contribution is 2.24. The summed E-state index contributed by atoms with van der Waals surface area (Å²) in [5.74, 6) is -0.486. The van der Waals surface area contributed by atoms with E-state index < -0.39 is 11.4 Å². The Kier molecular flexibility index (Phi) is 5.75. The van der Waals surface area contributed by atoms with E-state index in [0.717, 1.165) is 18.5 Å². The molecule has 0 N–H and O–H groups in total. The van der Waals surface area contributed by atoms with Gasteiger partial charge in [0.15, 0.2) is 5.41 Å². The number of rotatable bonds is 7. The Morgan fingerprint density at radius 2 is 2.15 bits per heavy atom. The first-order chi connectivity index (χ1) is 9.50. The molecule has 0 aliphatic rings. The minimum absolute atomic E-state index is 0.273. The summed E-state index contributed by atoms with van der Waals surface area (Å²) in [6.07, 6.45) is 4.20. The Balaban J connectivity index is 2.87. The third-order valence-electron chi connectivity index (χ3n) is 3.49. The largest absolute Gasteiger partial charge is 0.465 e. The molecule has 1 rings (SSSR count). The Morgan fingerprint density at radius 1 is 1.50 bits per heavy atom. The third kappa shape index (κ3) is 3.60. The molecular weight excluding hydrogens is 254 g/mol. The number of ether oxygens (including phenoxy) is 1. The van der Waals surface area contributed by atoms with E-state index in [9.17, 15) is 10.1 Å². The molecule has 0 fully saturated rings. The smallest absolute Gasteiger partial charge is 0.326 e. The second-order valence-corrected chi connectivity index (χ2v) is 5.10. The van der Waals surface area contributed by atoms with Gasteiger partial charge in [-0.25, -0.2) is 0 Å². The van der Waals surface area contributed by atoms with Crippen LogP contribution in [0, 0.1) is 16.7 Å². The molecule has 20 heavy (non-hydrogen) atoms. The summed E-state index contributed by atoms with van der Waals surface area (Å²) in [6.45, 7) is 7.85. The summed E-state index contributed by atoms with van der Waals surface area (Å²) in [5, 5.41) is 13.8. The zero-order valence-corrected chi connectivity index (χ0v) is 12.7. The molecule has 1 unspecified atom stereocenters. The molecule has 0 aromatic carbocycles. The molecule has 5 nitrogen and oxygen atoms in total. The van der Waals surface area contributed by atoms with Crippen molar-refractivity contribution in [3.8, 4) is 6.07 Å². The van der Waals surface area contributed by atoms with Crippen LogP contribution < -0.4 is 0 Å². The fourth-order valence-electron chi connectivity index (χ4n) is 2.15. The van der Waals surface area contributed by atoms with E-state index in [1.807, 2.05) is 16.9 Å². The zero-order chi connectivity index (χ0) is 15.2. The van der Waals surface area contributed by atoms with Crippen molar-refractivity contribution in [1.82, 2.24) is 9.78 Å². The number of nitriles is 1. The molecule has 0 amide bonds. The molecule has 110 valence electrons. The van der Waals surface area contributed by atoms with Crippen LogP contribution in [0.1, 0.15) is 52.3 Å². The van der Waals surface area contributed by atoms with Crippen molar-refractivity contribution < 1.29 is 9.53 Å². The van der Waals surface area contributed by atoms with E-state index in [1.165, 1.54) is 0 Å². The molecule has 0 saturated carbocycles. The van der Waals surface area contributed by atoms with Gasteiger partial charge in [0.25, 0.3) is 0 Å². The molecule has 0 bridgehead atoms. The van der Waals surface area contributed by atoms with Gasteiger partial charge in [0, 0.05) is 12.6 Å². The average Bonchev–Trinajstić information content (AvgIpc) is 2.88. The predicted octanol–water partition coefficient (Wildman–Crippen LogP) is 2.88. The summed E-state index contributed by atoms with van der Waals surface area (Å²) in [4.78, 5) is 11.9. The van der Waals surface area contributed by atoms with Crippen molar-refractivity contribution in [2.45, 2.75) is 53.0 Å². The summed E-state index contributed by atoms with van der Waals surface area (Å²) in [5.41, 5.74) is -0.433. The number of esters is 1. The number of nitrogens with zero attached hydrogens (tertiary/aromatic N) is 3. The van der Waals surface area contributed by atoms with Crippen molar-refractivity contribution in [3.63, 3.8) is 0 Å². The number of carbonyl (C=O) groups excluding carboxylic acids is 1.